The Hall–Kier alpha value is -1.36. The molecule has 2 aromatic rings. The van der Waals surface area contributed by atoms with Crippen molar-refractivity contribution < 1.29 is 9.84 Å². The number of hydrogen-bond acceptors (Lipinski definition) is 4. The molecule has 0 saturated carbocycles. The summed E-state index contributed by atoms with van der Waals surface area (Å²) in [6, 6.07) is 13.9. The lowest BCUT2D eigenvalue weighted by molar-refractivity contribution is 0.104. The lowest BCUT2D eigenvalue weighted by atomic mass is 10.2. The van der Waals surface area contributed by atoms with Crippen molar-refractivity contribution in [3.8, 4) is 5.75 Å². The van der Waals surface area contributed by atoms with Gasteiger partial charge in [0, 0.05) is 17.5 Å². The number of para-hydroxylation sites is 1. The summed E-state index contributed by atoms with van der Waals surface area (Å²) < 4.78 is 5.50. The van der Waals surface area contributed by atoms with E-state index in [4.69, 9.17) is 4.74 Å². The molecule has 0 fully saturated rings. The first-order valence-electron chi connectivity index (χ1n) is 6.38. The van der Waals surface area contributed by atoms with Crippen molar-refractivity contribution in [2.75, 3.05) is 13.2 Å². The SMILES string of the molecule is C[C@@H](NCC(O)COc1ccccc1)c1cccs1. The highest BCUT2D eigenvalue weighted by molar-refractivity contribution is 7.10. The van der Waals surface area contributed by atoms with Crippen molar-refractivity contribution in [2.24, 2.45) is 0 Å². The molecule has 102 valence electrons. The highest BCUT2D eigenvalue weighted by Gasteiger charge is 2.09. The predicted octanol–water partition coefficient (Wildman–Crippen LogP) is 2.84. The lowest BCUT2D eigenvalue weighted by Crippen LogP contribution is -2.32. The minimum absolute atomic E-state index is 0.256. The van der Waals surface area contributed by atoms with Crippen LogP contribution in [-0.4, -0.2) is 24.4 Å². The molecule has 1 heterocycles. The summed E-state index contributed by atoms with van der Waals surface area (Å²) in [6.07, 6.45) is -0.511. The molecule has 1 aromatic heterocycles. The largest absolute Gasteiger partial charge is 0.491 e. The van der Waals surface area contributed by atoms with Gasteiger partial charge in [0.15, 0.2) is 0 Å². The monoisotopic (exact) mass is 277 g/mol. The molecule has 1 aromatic carbocycles. The maximum atomic E-state index is 9.87. The van der Waals surface area contributed by atoms with Gasteiger partial charge in [0.25, 0.3) is 0 Å². The molecule has 2 rings (SSSR count). The third kappa shape index (κ3) is 4.67. The summed E-state index contributed by atoms with van der Waals surface area (Å²) in [5, 5.41) is 15.2. The molecule has 19 heavy (non-hydrogen) atoms. The number of ether oxygens (including phenoxy) is 1. The summed E-state index contributed by atoms with van der Waals surface area (Å²) in [5.41, 5.74) is 0. The topological polar surface area (TPSA) is 41.5 Å². The van der Waals surface area contributed by atoms with E-state index in [0.29, 0.717) is 13.2 Å². The first-order chi connectivity index (χ1) is 9.25. The average molecular weight is 277 g/mol. The number of thiophene rings is 1. The molecule has 0 aliphatic heterocycles. The second-order valence-corrected chi connectivity index (χ2v) is 5.40. The van der Waals surface area contributed by atoms with E-state index in [1.54, 1.807) is 11.3 Å². The Kier molecular flexibility index (Phi) is 5.39. The van der Waals surface area contributed by atoms with Gasteiger partial charge in [-0.2, -0.15) is 0 Å². The van der Waals surface area contributed by atoms with E-state index in [9.17, 15) is 5.11 Å². The highest BCUT2D eigenvalue weighted by Crippen LogP contribution is 2.17. The van der Waals surface area contributed by atoms with Crippen molar-refractivity contribution in [1.82, 2.24) is 5.32 Å². The quantitative estimate of drug-likeness (QED) is 0.817. The Morgan fingerprint density at radius 3 is 2.68 bits per heavy atom. The molecule has 3 nitrogen and oxygen atoms in total. The normalized spacial score (nSPS) is 14.0. The van der Waals surface area contributed by atoms with Crippen LogP contribution in [0, 0.1) is 0 Å². The Bertz CT molecular complexity index is 458. The fraction of sp³-hybridized carbons (Fsp3) is 0.333. The molecule has 0 radical (unpaired) electrons. The molecule has 4 heteroatoms. The summed E-state index contributed by atoms with van der Waals surface area (Å²) in [4.78, 5) is 1.27. The second kappa shape index (κ2) is 7.28. The Morgan fingerprint density at radius 1 is 1.21 bits per heavy atom. The van der Waals surface area contributed by atoms with E-state index in [1.807, 2.05) is 36.4 Å². The van der Waals surface area contributed by atoms with Crippen molar-refractivity contribution >= 4 is 11.3 Å². The predicted molar refractivity (Wildman–Crippen MR) is 78.7 cm³/mol. The summed E-state index contributed by atoms with van der Waals surface area (Å²) >= 11 is 1.72. The first kappa shape index (κ1) is 14.1. The van der Waals surface area contributed by atoms with Crippen LogP contribution in [0.4, 0.5) is 0 Å². The summed E-state index contributed by atoms with van der Waals surface area (Å²) in [7, 11) is 0. The van der Waals surface area contributed by atoms with Crippen LogP contribution in [0.25, 0.3) is 0 Å². The van der Waals surface area contributed by atoms with Gasteiger partial charge in [0.1, 0.15) is 18.5 Å². The molecule has 1 unspecified atom stereocenters. The van der Waals surface area contributed by atoms with E-state index < -0.39 is 6.10 Å². The van der Waals surface area contributed by atoms with Crippen LogP contribution in [0.15, 0.2) is 47.8 Å². The molecule has 0 aliphatic carbocycles. The van der Waals surface area contributed by atoms with Gasteiger partial charge < -0.3 is 15.2 Å². The van der Waals surface area contributed by atoms with Gasteiger partial charge in [-0.1, -0.05) is 24.3 Å². The third-order valence-corrected chi connectivity index (χ3v) is 3.87. The molecule has 0 spiro atoms. The number of aliphatic hydroxyl groups excluding tert-OH is 1. The minimum atomic E-state index is -0.511. The molecule has 0 amide bonds. The molecule has 0 aliphatic rings. The fourth-order valence-electron chi connectivity index (χ4n) is 1.72. The van der Waals surface area contributed by atoms with E-state index >= 15 is 0 Å². The summed E-state index contributed by atoms with van der Waals surface area (Å²) in [5.74, 6) is 0.785. The molecular weight excluding hydrogens is 258 g/mol. The smallest absolute Gasteiger partial charge is 0.119 e. The van der Waals surface area contributed by atoms with Crippen molar-refractivity contribution in [3.05, 3.63) is 52.7 Å². The Morgan fingerprint density at radius 2 is 2.00 bits per heavy atom. The number of rotatable bonds is 7. The minimum Gasteiger partial charge on any atom is -0.491 e. The fourth-order valence-corrected chi connectivity index (χ4v) is 2.48. The first-order valence-corrected chi connectivity index (χ1v) is 7.26. The number of aliphatic hydroxyl groups is 1. The molecule has 0 saturated heterocycles. The molecular formula is C15H19NO2S. The number of nitrogens with one attached hydrogen (secondary N) is 1. The van der Waals surface area contributed by atoms with Gasteiger partial charge in [-0.3, -0.25) is 0 Å². The van der Waals surface area contributed by atoms with Gasteiger partial charge in [-0.25, -0.2) is 0 Å². The van der Waals surface area contributed by atoms with Crippen LogP contribution in [0.3, 0.4) is 0 Å². The standard InChI is InChI=1S/C15H19NO2S/c1-12(15-8-5-9-19-15)16-10-13(17)11-18-14-6-3-2-4-7-14/h2-9,12-13,16-17H,10-11H2,1H3/t12-,13?/m1/s1. The zero-order chi connectivity index (χ0) is 13.5. The maximum absolute atomic E-state index is 9.87. The van der Waals surface area contributed by atoms with Crippen molar-refractivity contribution in [1.29, 1.82) is 0 Å². The van der Waals surface area contributed by atoms with Crippen molar-refractivity contribution in [2.45, 2.75) is 19.1 Å². The molecule has 2 N–H and O–H groups in total. The summed E-state index contributed by atoms with van der Waals surface area (Å²) in [6.45, 7) is 2.91. The van der Waals surface area contributed by atoms with Crippen LogP contribution in [0.5, 0.6) is 5.75 Å². The number of hydrogen-bond donors (Lipinski definition) is 2. The third-order valence-electron chi connectivity index (χ3n) is 2.82. The van der Waals surface area contributed by atoms with Crippen LogP contribution in [-0.2, 0) is 0 Å². The van der Waals surface area contributed by atoms with E-state index in [-0.39, 0.29) is 6.04 Å². The highest BCUT2D eigenvalue weighted by atomic mass is 32.1. The Balaban J connectivity index is 1.69. The van der Waals surface area contributed by atoms with Gasteiger partial charge in [-0.15, -0.1) is 11.3 Å². The van der Waals surface area contributed by atoms with Gasteiger partial charge in [0.05, 0.1) is 0 Å². The van der Waals surface area contributed by atoms with E-state index in [2.05, 4.69) is 23.7 Å². The van der Waals surface area contributed by atoms with Gasteiger partial charge >= 0.3 is 0 Å². The van der Waals surface area contributed by atoms with Gasteiger partial charge in [-0.05, 0) is 30.5 Å². The van der Waals surface area contributed by atoms with Crippen LogP contribution >= 0.6 is 11.3 Å². The Labute approximate surface area is 117 Å². The number of benzene rings is 1. The zero-order valence-electron chi connectivity index (χ0n) is 11.0. The zero-order valence-corrected chi connectivity index (χ0v) is 11.8. The van der Waals surface area contributed by atoms with Gasteiger partial charge in [0.2, 0.25) is 0 Å². The van der Waals surface area contributed by atoms with Crippen LogP contribution < -0.4 is 10.1 Å². The second-order valence-electron chi connectivity index (χ2n) is 4.42. The molecule has 2 atom stereocenters. The average Bonchev–Trinajstić information content (AvgIpc) is 2.98. The maximum Gasteiger partial charge on any atom is 0.119 e. The van der Waals surface area contributed by atoms with E-state index in [1.165, 1.54) is 4.88 Å². The van der Waals surface area contributed by atoms with Crippen LogP contribution in [0.2, 0.25) is 0 Å². The lowest BCUT2D eigenvalue weighted by Gasteiger charge is -2.16. The van der Waals surface area contributed by atoms with E-state index in [0.717, 1.165) is 5.75 Å². The van der Waals surface area contributed by atoms with Crippen molar-refractivity contribution in [3.63, 3.8) is 0 Å². The molecule has 0 bridgehead atoms. The van der Waals surface area contributed by atoms with Crippen LogP contribution in [0.1, 0.15) is 17.8 Å².